The molecule has 2 atom stereocenters. The molecule has 3 N–H and O–H groups in total. The van der Waals surface area contributed by atoms with Crippen LogP contribution >= 0.6 is 0 Å². The third-order valence-electron chi connectivity index (χ3n) is 7.83. The van der Waals surface area contributed by atoms with Gasteiger partial charge in [0.1, 0.15) is 18.1 Å². The molecule has 13 heteroatoms. The first-order chi connectivity index (χ1) is 20.2. The van der Waals surface area contributed by atoms with E-state index >= 15 is 0 Å². The van der Waals surface area contributed by atoms with Crippen LogP contribution in [0.25, 0.3) is 11.0 Å². The normalized spacial score (nSPS) is 19.3. The Labute approximate surface area is 252 Å². The average Bonchev–Trinajstić information content (AvgIpc) is 3.51. The van der Waals surface area contributed by atoms with Crippen molar-refractivity contribution in [2.45, 2.75) is 89.7 Å². The van der Waals surface area contributed by atoms with Crippen molar-refractivity contribution in [1.82, 2.24) is 15.1 Å². The Hall–Kier alpha value is -3.21. The zero-order valence-corrected chi connectivity index (χ0v) is 25.4. The number of ether oxygens (including phenoxy) is 1. The van der Waals surface area contributed by atoms with Gasteiger partial charge in [-0.2, -0.15) is 5.26 Å². The summed E-state index contributed by atoms with van der Waals surface area (Å²) < 4.78 is 36.8. The molecule has 2 aliphatic rings. The molecule has 0 bridgehead atoms. The second kappa shape index (κ2) is 15.0. The quantitative estimate of drug-likeness (QED) is 0.363. The summed E-state index contributed by atoms with van der Waals surface area (Å²) in [6.07, 6.45) is 2.38. The van der Waals surface area contributed by atoms with Crippen LogP contribution in [0.2, 0.25) is 0 Å². The lowest BCUT2D eigenvalue weighted by Gasteiger charge is -2.36. The summed E-state index contributed by atoms with van der Waals surface area (Å²) in [6, 6.07) is 9.14. The molecule has 2 fully saturated rings. The van der Waals surface area contributed by atoms with E-state index in [1.807, 2.05) is 29.2 Å². The molecule has 236 valence electrons. The number of likely N-dealkylation sites (tertiary alicyclic amines) is 2. The maximum atomic E-state index is 13.0. The summed E-state index contributed by atoms with van der Waals surface area (Å²) in [5.41, 5.74) is 1.30. The number of hydrogen-bond donors (Lipinski definition) is 3. The fraction of sp³-hybridized carbons (Fsp3) is 0.633. The van der Waals surface area contributed by atoms with E-state index in [9.17, 15) is 28.4 Å². The van der Waals surface area contributed by atoms with Crippen LogP contribution in [-0.2, 0) is 16.0 Å². The van der Waals surface area contributed by atoms with Crippen LogP contribution in [0, 0.1) is 17.2 Å². The SMILES string of the molecule is CC(C)CC(C)(C)N1CCC(F)(F)C1.N#CCC(=O)N1CCCC(OC(=O)NC(Cc2coc3ccccc23)B(O)O)C1. The number of rotatable bonds is 9. The smallest absolute Gasteiger partial charge is 0.464 e. The van der Waals surface area contributed by atoms with Gasteiger partial charge in [0.2, 0.25) is 5.91 Å². The molecule has 0 aliphatic carbocycles. The van der Waals surface area contributed by atoms with Gasteiger partial charge in [-0.05, 0) is 57.1 Å². The largest absolute Gasteiger partial charge is 0.475 e. The number of alkyl halides is 2. The van der Waals surface area contributed by atoms with Crippen molar-refractivity contribution in [3.8, 4) is 6.07 Å². The molecule has 0 spiro atoms. The average molecular weight is 605 g/mol. The van der Waals surface area contributed by atoms with Crippen LogP contribution in [0.15, 0.2) is 34.9 Å². The number of carbonyl (C=O) groups excluding carboxylic acids is 2. The van der Waals surface area contributed by atoms with E-state index in [0.29, 0.717) is 37.4 Å². The Balaban J connectivity index is 0.000000303. The van der Waals surface area contributed by atoms with E-state index in [1.165, 1.54) is 11.2 Å². The number of carbonyl (C=O) groups is 2. The van der Waals surface area contributed by atoms with Gasteiger partial charge in [0.05, 0.1) is 31.4 Å². The number of alkyl carbamates (subject to hydrolysis) is 1. The predicted molar refractivity (Wildman–Crippen MR) is 158 cm³/mol. The van der Waals surface area contributed by atoms with Crippen molar-refractivity contribution in [3.63, 3.8) is 0 Å². The summed E-state index contributed by atoms with van der Waals surface area (Å²) >= 11 is 0. The monoisotopic (exact) mass is 604 g/mol. The standard InChI is InChI=1S/C19H22BN3O6.C11H21F2N/c21-8-7-18(24)23-9-3-4-14(11-23)29-19(25)22-17(20(26)27)10-13-12-28-16-6-2-1-5-15(13)16;1-9(2)7-10(3,4)14-6-5-11(12,13)8-14/h1-2,5-6,12,14,17,26-27H,3-4,7,9-11H2,(H,22,25);9H,5-8H2,1-4H3. The fourth-order valence-electron chi connectivity index (χ4n) is 5.82. The Bertz CT molecular complexity index is 1260. The number of halogens is 2. The fourth-order valence-corrected chi connectivity index (χ4v) is 5.82. The number of furan rings is 1. The van der Waals surface area contributed by atoms with Crippen LogP contribution in [0.1, 0.15) is 65.4 Å². The Morgan fingerprint density at radius 2 is 2.00 bits per heavy atom. The molecule has 4 rings (SSSR count). The Morgan fingerprint density at radius 3 is 2.63 bits per heavy atom. The number of nitriles is 1. The maximum Gasteiger partial charge on any atom is 0.475 e. The second-order valence-electron chi connectivity index (χ2n) is 12.4. The third-order valence-corrected chi connectivity index (χ3v) is 7.83. The highest BCUT2D eigenvalue weighted by molar-refractivity contribution is 6.43. The molecule has 0 radical (unpaired) electrons. The lowest BCUT2D eigenvalue weighted by Crippen LogP contribution is -2.50. The van der Waals surface area contributed by atoms with Gasteiger partial charge in [-0.15, -0.1) is 0 Å². The number of benzene rings is 1. The topological polar surface area (TPSA) is 139 Å². The van der Waals surface area contributed by atoms with Gasteiger partial charge in [0, 0.05) is 30.4 Å². The molecule has 2 saturated heterocycles. The molecule has 3 heterocycles. The molecule has 2 aliphatic heterocycles. The lowest BCUT2D eigenvalue weighted by atomic mass is 9.76. The van der Waals surface area contributed by atoms with E-state index in [2.05, 4.69) is 33.0 Å². The Morgan fingerprint density at radius 1 is 1.28 bits per heavy atom. The molecule has 2 amide bonds. The minimum atomic E-state index is -2.46. The van der Waals surface area contributed by atoms with E-state index in [1.54, 1.807) is 6.07 Å². The van der Waals surface area contributed by atoms with Crippen molar-refractivity contribution < 1.29 is 37.6 Å². The van der Waals surface area contributed by atoms with Gasteiger partial charge in [0.25, 0.3) is 5.92 Å². The second-order valence-corrected chi connectivity index (χ2v) is 12.4. The van der Waals surface area contributed by atoms with Crippen LogP contribution in [0.4, 0.5) is 13.6 Å². The summed E-state index contributed by atoms with van der Waals surface area (Å²) in [7, 11) is -1.80. The number of amides is 2. The maximum absolute atomic E-state index is 13.0. The summed E-state index contributed by atoms with van der Waals surface area (Å²) in [5.74, 6) is -3.20. The minimum Gasteiger partial charge on any atom is -0.464 e. The first-order valence-corrected chi connectivity index (χ1v) is 14.8. The highest BCUT2D eigenvalue weighted by Crippen LogP contribution is 2.34. The summed E-state index contributed by atoms with van der Waals surface area (Å²) in [5, 5.41) is 31.3. The molecule has 2 unspecified atom stereocenters. The molecular weight excluding hydrogens is 561 g/mol. The molecule has 2 aromatic rings. The highest BCUT2D eigenvalue weighted by Gasteiger charge is 2.43. The summed E-state index contributed by atoms with van der Waals surface area (Å²) in [6.45, 7) is 9.61. The van der Waals surface area contributed by atoms with Gasteiger partial charge in [-0.25, -0.2) is 13.6 Å². The number of piperidine rings is 1. The van der Waals surface area contributed by atoms with Gasteiger partial charge in [-0.1, -0.05) is 32.0 Å². The third kappa shape index (κ3) is 10.2. The first-order valence-electron chi connectivity index (χ1n) is 14.8. The zero-order valence-electron chi connectivity index (χ0n) is 25.4. The van der Waals surface area contributed by atoms with Crippen molar-refractivity contribution in [1.29, 1.82) is 5.26 Å². The number of fused-ring (bicyclic) bond motifs is 1. The van der Waals surface area contributed by atoms with Gasteiger partial charge < -0.3 is 29.4 Å². The van der Waals surface area contributed by atoms with Crippen LogP contribution < -0.4 is 5.32 Å². The van der Waals surface area contributed by atoms with Crippen LogP contribution in [0.5, 0.6) is 0 Å². The van der Waals surface area contributed by atoms with Crippen molar-refractivity contribution >= 4 is 30.1 Å². The highest BCUT2D eigenvalue weighted by atomic mass is 19.3. The van der Waals surface area contributed by atoms with E-state index in [-0.39, 0.29) is 43.8 Å². The lowest BCUT2D eigenvalue weighted by molar-refractivity contribution is -0.133. The van der Waals surface area contributed by atoms with E-state index < -0.39 is 31.2 Å². The summed E-state index contributed by atoms with van der Waals surface area (Å²) in [4.78, 5) is 27.6. The van der Waals surface area contributed by atoms with Gasteiger partial charge in [-0.3, -0.25) is 9.69 Å². The zero-order chi connectivity index (χ0) is 31.8. The van der Waals surface area contributed by atoms with Gasteiger partial charge >= 0.3 is 13.2 Å². The van der Waals surface area contributed by atoms with E-state index in [4.69, 9.17) is 14.4 Å². The number of para-hydroxylation sites is 1. The number of hydrogen-bond acceptors (Lipinski definition) is 8. The Kier molecular flexibility index (Phi) is 12.0. The van der Waals surface area contributed by atoms with Gasteiger partial charge in [0.15, 0.2) is 0 Å². The molecule has 1 aromatic carbocycles. The van der Waals surface area contributed by atoms with Crippen molar-refractivity contribution in [2.24, 2.45) is 5.92 Å². The van der Waals surface area contributed by atoms with Crippen molar-refractivity contribution in [2.75, 3.05) is 26.2 Å². The molecule has 43 heavy (non-hydrogen) atoms. The number of nitrogens with one attached hydrogen (secondary N) is 1. The van der Waals surface area contributed by atoms with Crippen LogP contribution in [-0.4, -0.2) is 88.7 Å². The van der Waals surface area contributed by atoms with E-state index in [0.717, 1.165) is 17.4 Å². The molecule has 1 aromatic heterocycles. The molecule has 0 saturated carbocycles. The minimum absolute atomic E-state index is 0.0223. The predicted octanol–water partition coefficient (Wildman–Crippen LogP) is 4.14. The molecular formula is C30H43BF2N4O6. The first kappa shape index (κ1) is 34.3. The molecule has 10 nitrogen and oxygen atoms in total. The van der Waals surface area contributed by atoms with Crippen LogP contribution in [0.3, 0.4) is 0 Å². The van der Waals surface area contributed by atoms with Crippen molar-refractivity contribution in [3.05, 3.63) is 36.1 Å². The number of nitrogens with zero attached hydrogens (tertiary/aromatic N) is 3.